The van der Waals surface area contributed by atoms with E-state index < -0.39 is 0 Å². The molecule has 3 atom stereocenters. The zero-order valence-corrected chi connectivity index (χ0v) is 14.1. The second-order valence-electron chi connectivity index (χ2n) is 6.36. The Morgan fingerprint density at radius 3 is 2.78 bits per heavy atom. The van der Waals surface area contributed by atoms with E-state index in [9.17, 15) is 9.59 Å². The quantitative estimate of drug-likeness (QED) is 0.888. The maximum absolute atomic E-state index is 12.7. The second-order valence-corrected chi connectivity index (χ2v) is 6.36. The number of carbonyl (C=O) groups is 2. The summed E-state index contributed by atoms with van der Waals surface area (Å²) in [6, 6.07) is 7.40. The van der Waals surface area contributed by atoms with Crippen LogP contribution in [0.1, 0.15) is 36.5 Å². The van der Waals surface area contributed by atoms with Crippen LogP contribution in [0.4, 0.5) is 5.69 Å². The summed E-state index contributed by atoms with van der Waals surface area (Å²) in [6.45, 7) is 3.37. The van der Waals surface area contributed by atoms with Crippen molar-refractivity contribution in [1.82, 2.24) is 4.90 Å². The SMILES string of the molecule is CCC(=O)Nc1cccc(C(=O)N2CC3CCC(N)C3C2)c1.Cl. The van der Waals surface area contributed by atoms with Gasteiger partial charge in [0.25, 0.3) is 5.91 Å². The Bertz CT molecular complexity index is 593. The lowest BCUT2D eigenvalue weighted by Gasteiger charge is -2.19. The molecule has 3 rings (SSSR count). The first kappa shape index (κ1) is 17.8. The summed E-state index contributed by atoms with van der Waals surface area (Å²) < 4.78 is 0. The molecule has 0 aromatic heterocycles. The van der Waals surface area contributed by atoms with Crippen molar-refractivity contribution in [2.75, 3.05) is 18.4 Å². The van der Waals surface area contributed by atoms with Crippen LogP contribution in [0.5, 0.6) is 0 Å². The summed E-state index contributed by atoms with van der Waals surface area (Å²) in [5.41, 5.74) is 7.43. The number of likely N-dealkylation sites (tertiary alicyclic amines) is 1. The van der Waals surface area contributed by atoms with Crippen molar-refractivity contribution in [3.8, 4) is 0 Å². The monoisotopic (exact) mass is 337 g/mol. The molecule has 0 bridgehead atoms. The topological polar surface area (TPSA) is 75.4 Å². The molecule has 5 nitrogen and oxygen atoms in total. The van der Waals surface area contributed by atoms with Gasteiger partial charge in [-0.1, -0.05) is 13.0 Å². The molecule has 1 aromatic rings. The van der Waals surface area contributed by atoms with Gasteiger partial charge in [-0.2, -0.15) is 0 Å². The van der Waals surface area contributed by atoms with Gasteiger partial charge in [-0.3, -0.25) is 9.59 Å². The molecule has 3 unspecified atom stereocenters. The van der Waals surface area contributed by atoms with E-state index >= 15 is 0 Å². The summed E-state index contributed by atoms with van der Waals surface area (Å²) in [4.78, 5) is 26.0. The molecule has 1 aliphatic heterocycles. The lowest BCUT2D eigenvalue weighted by molar-refractivity contribution is -0.115. The Labute approximate surface area is 143 Å². The molecule has 1 aromatic carbocycles. The van der Waals surface area contributed by atoms with Crippen molar-refractivity contribution in [1.29, 1.82) is 0 Å². The number of halogens is 1. The lowest BCUT2D eigenvalue weighted by Crippen LogP contribution is -2.33. The Kier molecular flexibility index (Phi) is 5.65. The molecule has 2 amide bonds. The van der Waals surface area contributed by atoms with Gasteiger partial charge < -0.3 is 16.0 Å². The van der Waals surface area contributed by atoms with E-state index in [1.165, 1.54) is 0 Å². The number of nitrogens with two attached hydrogens (primary N) is 1. The molecule has 1 aliphatic carbocycles. The van der Waals surface area contributed by atoms with E-state index in [1.807, 2.05) is 4.90 Å². The maximum Gasteiger partial charge on any atom is 0.253 e. The van der Waals surface area contributed by atoms with Crippen molar-refractivity contribution in [2.45, 2.75) is 32.2 Å². The minimum Gasteiger partial charge on any atom is -0.338 e. The van der Waals surface area contributed by atoms with Gasteiger partial charge in [0.2, 0.25) is 5.91 Å². The summed E-state index contributed by atoms with van der Waals surface area (Å²) in [5.74, 6) is 0.995. The van der Waals surface area contributed by atoms with Crippen molar-refractivity contribution in [3.05, 3.63) is 29.8 Å². The zero-order chi connectivity index (χ0) is 15.7. The maximum atomic E-state index is 12.7. The number of amides is 2. The highest BCUT2D eigenvalue weighted by Gasteiger charge is 2.42. The number of hydrogen-bond acceptors (Lipinski definition) is 3. The third-order valence-electron chi connectivity index (χ3n) is 4.91. The van der Waals surface area contributed by atoms with Crippen LogP contribution >= 0.6 is 12.4 Å². The molecule has 0 spiro atoms. The molecular weight excluding hydrogens is 314 g/mol. The summed E-state index contributed by atoms with van der Waals surface area (Å²) >= 11 is 0. The fourth-order valence-corrected chi connectivity index (χ4v) is 3.64. The van der Waals surface area contributed by atoms with Crippen molar-refractivity contribution < 1.29 is 9.59 Å². The normalized spacial score (nSPS) is 25.7. The molecule has 0 radical (unpaired) electrons. The average molecular weight is 338 g/mol. The largest absolute Gasteiger partial charge is 0.338 e. The molecule has 1 saturated carbocycles. The Balaban J connectivity index is 0.00000192. The van der Waals surface area contributed by atoms with Gasteiger partial charge in [0, 0.05) is 36.8 Å². The molecule has 23 heavy (non-hydrogen) atoms. The fourth-order valence-electron chi connectivity index (χ4n) is 3.64. The minimum absolute atomic E-state index is 0. The number of benzene rings is 1. The van der Waals surface area contributed by atoms with Crippen molar-refractivity contribution in [3.63, 3.8) is 0 Å². The summed E-state index contributed by atoms with van der Waals surface area (Å²) in [6.07, 6.45) is 2.63. The molecule has 3 N–H and O–H groups in total. The van der Waals surface area contributed by atoms with Gasteiger partial charge in [0.1, 0.15) is 0 Å². The van der Waals surface area contributed by atoms with Gasteiger partial charge in [-0.15, -0.1) is 12.4 Å². The highest BCUT2D eigenvalue weighted by atomic mass is 35.5. The second kappa shape index (κ2) is 7.32. The number of hydrogen-bond donors (Lipinski definition) is 2. The smallest absolute Gasteiger partial charge is 0.253 e. The van der Waals surface area contributed by atoms with Crippen LogP contribution in [0.2, 0.25) is 0 Å². The van der Waals surface area contributed by atoms with E-state index in [4.69, 9.17) is 5.73 Å². The lowest BCUT2D eigenvalue weighted by atomic mass is 9.98. The first-order valence-corrected chi connectivity index (χ1v) is 8.03. The Hall–Kier alpha value is -1.59. The molecule has 126 valence electrons. The number of anilines is 1. The Morgan fingerprint density at radius 1 is 1.30 bits per heavy atom. The third kappa shape index (κ3) is 3.67. The summed E-state index contributed by atoms with van der Waals surface area (Å²) in [5, 5.41) is 2.79. The standard InChI is InChI=1S/C17H23N3O2.ClH/c1-2-16(21)19-13-5-3-4-11(8-13)17(22)20-9-12-6-7-15(18)14(12)10-20;/h3-5,8,12,14-15H,2,6-7,9-10,18H2,1H3,(H,19,21);1H. The van der Waals surface area contributed by atoms with Gasteiger partial charge in [0.15, 0.2) is 0 Å². The van der Waals surface area contributed by atoms with Crippen molar-refractivity contribution in [2.24, 2.45) is 17.6 Å². The molecular formula is C17H24ClN3O2. The predicted octanol–water partition coefficient (Wildman–Crippen LogP) is 2.27. The van der Waals surface area contributed by atoms with E-state index in [0.717, 1.165) is 25.9 Å². The molecule has 2 aliphatic rings. The van der Waals surface area contributed by atoms with Crippen LogP contribution in [0, 0.1) is 11.8 Å². The van der Waals surface area contributed by atoms with Gasteiger partial charge in [-0.05, 0) is 42.9 Å². The number of carbonyl (C=O) groups excluding carboxylic acids is 2. The van der Waals surface area contributed by atoms with E-state index in [-0.39, 0.29) is 30.3 Å². The van der Waals surface area contributed by atoms with Crippen LogP contribution < -0.4 is 11.1 Å². The van der Waals surface area contributed by atoms with Crippen LogP contribution in [-0.2, 0) is 4.79 Å². The fraction of sp³-hybridized carbons (Fsp3) is 0.529. The van der Waals surface area contributed by atoms with E-state index in [1.54, 1.807) is 31.2 Å². The van der Waals surface area contributed by atoms with E-state index in [2.05, 4.69) is 5.32 Å². The van der Waals surface area contributed by atoms with Crippen LogP contribution in [0.15, 0.2) is 24.3 Å². The van der Waals surface area contributed by atoms with Gasteiger partial charge in [0.05, 0.1) is 0 Å². The Morgan fingerprint density at radius 2 is 2.09 bits per heavy atom. The van der Waals surface area contributed by atoms with Gasteiger partial charge >= 0.3 is 0 Å². The molecule has 1 heterocycles. The van der Waals surface area contributed by atoms with Crippen LogP contribution in [0.3, 0.4) is 0 Å². The first-order chi connectivity index (χ1) is 10.6. The molecule has 6 heteroatoms. The third-order valence-corrected chi connectivity index (χ3v) is 4.91. The minimum atomic E-state index is -0.0497. The number of nitrogens with zero attached hydrogens (tertiary/aromatic N) is 1. The zero-order valence-electron chi connectivity index (χ0n) is 13.3. The highest BCUT2D eigenvalue weighted by molar-refractivity contribution is 5.97. The van der Waals surface area contributed by atoms with Crippen LogP contribution in [-0.4, -0.2) is 35.8 Å². The predicted molar refractivity (Wildman–Crippen MR) is 92.7 cm³/mol. The molecule has 1 saturated heterocycles. The number of rotatable bonds is 3. The first-order valence-electron chi connectivity index (χ1n) is 8.03. The molecule has 2 fully saturated rings. The highest BCUT2D eigenvalue weighted by Crippen LogP contribution is 2.37. The number of fused-ring (bicyclic) bond motifs is 1. The van der Waals surface area contributed by atoms with E-state index in [0.29, 0.717) is 29.5 Å². The van der Waals surface area contributed by atoms with Crippen molar-refractivity contribution >= 4 is 29.9 Å². The van der Waals surface area contributed by atoms with Crippen LogP contribution in [0.25, 0.3) is 0 Å². The van der Waals surface area contributed by atoms with Gasteiger partial charge in [-0.25, -0.2) is 0 Å². The summed E-state index contributed by atoms with van der Waals surface area (Å²) in [7, 11) is 0. The number of nitrogens with one attached hydrogen (secondary N) is 1. The average Bonchev–Trinajstić information content (AvgIpc) is 3.09.